The Morgan fingerprint density at radius 2 is 1.64 bits per heavy atom. The highest BCUT2D eigenvalue weighted by molar-refractivity contribution is 8.00. The Bertz CT molecular complexity index is 1540. The molecule has 6 rings (SSSR count). The van der Waals surface area contributed by atoms with Gasteiger partial charge in [-0.3, -0.25) is 0 Å². The van der Waals surface area contributed by atoms with Gasteiger partial charge in [0.1, 0.15) is 10.6 Å². The maximum absolute atomic E-state index is 6.60. The first-order valence-corrected chi connectivity index (χ1v) is 15.0. The van der Waals surface area contributed by atoms with Crippen LogP contribution in [0.1, 0.15) is 37.6 Å². The van der Waals surface area contributed by atoms with Gasteiger partial charge in [0.05, 0.1) is 10.6 Å². The number of thioether (sulfide) groups is 2. The van der Waals surface area contributed by atoms with Crippen molar-refractivity contribution in [2.24, 2.45) is 0 Å². The van der Waals surface area contributed by atoms with E-state index in [1.807, 2.05) is 23.9 Å². The van der Waals surface area contributed by atoms with Crippen molar-refractivity contribution < 1.29 is 0 Å². The normalized spacial score (nSPS) is 17.3. The molecule has 2 unspecified atom stereocenters. The van der Waals surface area contributed by atoms with E-state index in [4.69, 9.17) is 38.9 Å². The van der Waals surface area contributed by atoms with Gasteiger partial charge in [0, 0.05) is 25.9 Å². The Balaban J connectivity index is 1.39. The van der Waals surface area contributed by atoms with Gasteiger partial charge in [0.25, 0.3) is 0 Å². The highest BCUT2D eigenvalue weighted by atomic mass is 35.5. The van der Waals surface area contributed by atoms with Crippen LogP contribution in [-0.4, -0.2) is 9.97 Å². The molecule has 3 aromatic carbocycles. The van der Waals surface area contributed by atoms with Crippen LogP contribution in [-0.2, 0) is 12.2 Å². The molecule has 0 fully saturated rings. The molecule has 180 valence electrons. The van der Waals surface area contributed by atoms with E-state index in [-0.39, 0.29) is 5.25 Å². The molecule has 2 aromatic heterocycles. The van der Waals surface area contributed by atoms with E-state index in [0.29, 0.717) is 32.0 Å². The third kappa shape index (κ3) is 4.73. The molecular formula is C28H21Cl2N3S3. The third-order valence-corrected chi connectivity index (χ3v) is 10.6. The Morgan fingerprint density at radius 3 is 2.36 bits per heavy atom. The lowest BCUT2D eigenvalue weighted by Crippen LogP contribution is -2.12. The number of nitrogens with two attached hydrogens (primary N) is 1. The first kappa shape index (κ1) is 24.1. The molecule has 3 nitrogen and oxygen atoms in total. The molecule has 0 spiro atoms. The number of benzene rings is 3. The second-order valence-electron chi connectivity index (χ2n) is 8.57. The van der Waals surface area contributed by atoms with Gasteiger partial charge in [0.15, 0.2) is 5.16 Å². The number of halogens is 2. The van der Waals surface area contributed by atoms with Crippen LogP contribution in [0.4, 0.5) is 5.82 Å². The van der Waals surface area contributed by atoms with Crippen molar-refractivity contribution in [2.75, 3.05) is 5.73 Å². The van der Waals surface area contributed by atoms with Crippen LogP contribution in [0.15, 0.2) is 84.0 Å². The van der Waals surface area contributed by atoms with Crippen LogP contribution in [0.2, 0.25) is 10.0 Å². The zero-order valence-electron chi connectivity index (χ0n) is 19.0. The van der Waals surface area contributed by atoms with Crippen LogP contribution in [0.25, 0.3) is 10.2 Å². The molecule has 0 radical (unpaired) electrons. The second-order valence-corrected chi connectivity index (χ2v) is 12.7. The minimum atomic E-state index is 0.225. The number of hydrogen-bond donors (Lipinski definition) is 1. The Morgan fingerprint density at radius 1 is 0.917 bits per heavy atom. The van der Waals surface area contributed by atoms with Gasteiger partial charge in [-0.2, -0.15) is 0 Å². The van der Waals surface area contributed by atoms with Gasteiger partial charge in [-0.1, -0.05) is 102 Å². The number of aromatic nitrogens is 2. The fourth-order valence-corrected chi connectivity index (χ4v) is 9.01. The average molecular weight is 567 g/mol. The van der Waals surface area contributed by atoms with Gasteiger partial charge in [-0.05, 0) is 40.8 Å². The monoisotopic (exact) mass is 565 g/mol. The van der Waals surface area contributed by atoms with Crippen molar-refractivity contribution in [3.63, 3.8) is 0 Å². The Labute approximate surface area is 232 Å². The summed E-state index contributed by atoms with van der Waals surface area (Å²) in [5.74, 6) is 1.19. The number of rotatable bonds is 5. The van der Waals surface area contributed by atoms with Gasteiger partial charge >= 0.3 is 0 Å². The van der Waals surface area contributed by atoms with E-state index < -0.39 is 0 Å². The maximum Gasteiger partial charge on any atom is 0.191 e. The summed E-state index contributed by atoms with van der Waals surface area (Å²) < 4.78 is 0. The van der Waals surface area contributed by atoms with E-state index >= 15 is 0 Å². The van der Waals surface area contributed by atoms with Crippen LogP contribution < -0.4 is 5.73 Å². The molecule has 2 N–H and O–H groups in total. The molecule has 0 aliphatic carbocycles. The van der Waals surface area contributed by atoms with E-state index in [9.17, 15) is 0 Å². The average Bonchev–Trinajstić information content (AvgIpc) is 3.27. The van der Waals surface area contributed by atoms with Crippen LogP contribution >= 0.6 is 58.1 Å². The summed E-state index contributed by atoms with van der Waals surface area (Å²) in [6, 6.07) is 27.0. The summed E-state index contributed by atoms with van der Waals surface area (Å²) in [4.78, 5) is 11.9. The zero-order chi connectivity index (χ0) is 24.6. The number of nitrogen functional groups attached to an aromatic ring is 1. The van der Waals surface area contributed by atoms with E-state index in [0.717, 1.165) is 22.2 Å². The first-order chi connectivity index (χ1) is 17.6. The third-order valence-electron chi connectivity index (χ3n) is 6.26. The molecule has 8 heteroatoms. The van der Waals surface area contributed by atoms with Crippen LogP contribution in [0.3, 0.4) is 0 Å². The van der Waals surface area contributed by atoms with Crippen molar-refractivity contribution in [1.82, 2.24) is 9.97 Å². The number of thiophene rings is 1. The molecule has 5 aromatic rings. The van der Waals surface area contributed by atoms with Crippen LogP contribution in [0.5, 0.6) is 0 Å². The molecule has 36 heavy (non-hydrogen) atoms. The molecule has 1 aliphatic rings. The number of hydrogen-bond acceptors (Lipinski definition) is 6. The molecule has 0 saturated carbocycles. The van der Waals surface area contributed by atoms with Crippen molar-refractivity contribution in [3.8, 4) is 0 Å². The lowest BCUT2D eigenvalue weighted by Gasteiger charge is -2.30. The Kier molecular flexibility index (Phi) is 6.88. The minimum Gasteiger partial charge on any atom is -0.383 e. The van der Waals surface area contributed by atoms with Crippen molar-refractivity contribution >= 4 is 74.1 Å². The van der Waals surface area contributed by atoms with E-state index in [1.165, 1.54) is 33.3 Å². The number of nitrogens with zero attached hydrogens (tertiary/aromatic N) is 2. The van der Waals surface area contributed by atoms with E-state index in [2.05, 4.69) is 60.7 Å². The lowest BCUT2D eigenvalue weighted by molar-refractivity contribution is 0.893. The van der Waals surface area contributed by atoms with Gasteiger partial charge < -0.3 is 5.73 Å². The fourth-order valence-electron chi connectivity index (χ4n) is 4.52. The van der Waals surface area contributed by atoms with E-state index in [1.54, 1.807) is 17.4 Å². The van der Waals surface area contributed by atoms with Gasteiger partial charge in [-0.25, -0.2) is 9.97 Å². The highest BCUT2D eigenvalue weighted by Crippen LogP contribution is 2.55. The largest absolute Gasteiger partial charge is 0.383 e. The predicted octanol–water partition coefficient (Wildman–Crippen LogP) is 8.99. The van der Waals surface area contributed by atoms with Crippen LogP contribution in [0, 0.1) is 0 Å². The summed E-state index contributed by atoms with van der Waals surface area (Å²) in [5.41, 5.74) is 11.5. The van der Waals surface area contributed by atoms with Crippen molar-refractivity contribution in [3.05, 3.63) is 116 Å². The second kappa shape index (κ2) is 10.3. The quantitative estimate of drug-likeness (QED) is 0.170. The zero-order valence-corrected chi connectivity index (χ0v) is 23.0. The summed E-state index contributed by atoms with van der Waals surface area (Å²) >= 11 is 17.7. The number of anilines is 1. The standard InChI is InChI=1S/C28H21Cl2N3S3/c29-19-12-11-18(21(30)13-19)15-34-28-32-26(31)23-20-14-22(16-7-3-1-4-8-16)35-24(17-9-5-2-6-10-17)25(20)36-27(23)33-28/h1-13,22,24H,14-15H2,(H2,31,32,33). The Hall–Kier alpha value is -2.22. The first-order valence-electron chi connectivity index (χ1n) is 11.5. The molecule has 0 saturated heterocycles. The van der Waals surface area contributed by atoms with Crippen molar-refractivity contribution in [2.45, 2.75) is 27.8 Å². The lowest BCUT2D eigenvalue weighted by atomic mass is 9.98. The molecule has 1 aliphatic heterocycles. The molecule has 3 heterocycles. The number of fused-ring (bicyclic) bond motifs is 3. The SMILES string of the molecule is Nc1nc(SCc2ccc(Cl)cc2Cl)nc2sc3c(c12)CC(c1ccccc1)SC3c1ccccc1. The smallest absolute Gasteiger partial charge is 0.191 e. The molecular weight excluding hydrogens is 545 g/mol. The fraction of sp³-hybridized carbons (Fsp3) is 0.143. The van der Waals surface area contributed by atoms with Crippen molar-refractivity contribution in [1.29, 1.82) is 0 Å². The minimum absolute atomic E-state index is 0.225. The summed E-state index contributed by atoms with van der Waals surface area (Å²) in [7, 11) is 0. The maximum atomic E-state index is 6.60. The van der Waals surface area contributed by atoms with Gasteiger partial charge in [-0.15, -0.1) is 23.1 Å². The molecule has 0 bridgehead atoms. The molecule has 2 atom stereocenters. The molecule has 0 amide bonds. The van der Waals surface area contributed by atoms with Gasteiger partial charge in [0.2, 0.25) is 0 Å². The topological polar surface area (TPSA) is 51.8 Å². The summed E-state index contributed by atoms with van der Waals surface area (Å²) in [6.07, 6.45) is 0.910. The summed E-state index contributed by atoms with van der Waals surface area (Å²) in [5, 5.41) is 3.49. The summed E-state index contributed by atoms with van der Waals surface area (Å²) in [6.45, 7) is 0. The predicted molar refractivity (Wildman–Crippen MR) is 157 cm³/mol. The highest BCUT2D eigenvalue weighted by Gasteiger charge is 2.34.